The van der Waals surface area contributed by atoms with Gasteiger partial charge >= 0.3 is 0 Å². The lowest BCUT2D eigenvalue weighted by atomic mass is 9.95. The normalized spacial score (nSPS) is 16.1. The van der Waals surface area contributed by atoms with Crippen molar-refractivity contribution in [3.8, 4) is 5.75 Å². The number of rotatable bonds is 3. The fraction of sp³-hybridized carbons (Fsp3) is 0.263. The molecular weight excluding hydrogens is 290 g/mol. The van der Waals surface area contributed by atoms with E-state index in [1.165, 1.54) is 0 Å². The zero-order valence-corrected chi connectivity index (χ0v) is 13.5. The Hall–Kier alpha value is -2.62. The van der Waals surface area contributed by atoms with Crippen molar-refractivity contribution in [2.24, 2.45) is 0 Å². The predicted octanol–water partition coefficient (Wildman–Crippen LogP) is 3.62. The van der Waals surface area contributed by atoms with E-state index in [4.69, 9.17) is 4.74 Å². The molecule has 0 aromatic heterocycles. The van der Waals surface area contributed by atoms with E-state index in [2.05, 4.69) is 5.32 Å². The van der Waals surface area contributed by atoms with Crippen LogP contribution in [0.2, 0.25) is 0 Å². The summed E-state index contributed by atoms with van der Waals surface area (Å²) in [5.41, 5.74) is 4.15. The Morgan fingerprint density at radius 3 is 2.74 bits per heavy atom. The average molecular weight is 309 g/mol. The maximum absolute atomic E-state index is 12.7. The van der Waals surface area contributed by atoms with Gasteiger partial charge in [0.25, 0.3) is 0 Å². The van der Waals surface area contributed by atoms with Crippen LogP contribution in [-0.4, -0.2) is 18.8 Å². The monoisotopic (exact) mass is 309 g/mol. The van der Waals surface area contributed by atoms with Crippen molar-refractivity contribution < 1.29 is 14.3 Å². The number of carbonyl (C=O) groups is 2. The van der Waals surface area contributed by atoms with Gasteiger partial charge in [-0.1, -0.05) is 24.3 Å². The summed E-state index contributed by atoms with van der Waals surface area (Å²) >= 11 is 0. The van der Waals surface area contributed by atoms with E-state index >= 15 is 0 Å². The highest BCUT2D eigenvalue weighted by Crippen LogP contribution is 2.37. The first-order chi connectivity index (χ1) is 11.0. The Kier molecular flexibility index (Phi) is 3.90. The van der Waals surface area contributed by atoms with Crippen molar-refractivity contribution in [1.29, 1.82) is 0 Å². The zero-order chi connectivity index (χ0) is 16.6. The molecule has 0 spiro atoms. The number of methoxy groups -OCH3 is 1. The molecule has 0 aliphatic heterocycles. The van der Waals surface area contributed by atoms with Gasteiger partial charge in [0.1, 0.15) is 5.75 Å². The predicted molar refractivity (Wildman–Crippen MR) is 89.2 cm³/mol. The second-order valence-electron chi connectivity index (χ2n) is 5.91. The van der Waals surface area contributed by atoms with Gasteiger partial charge in [-0.15, -0.1) is 0 Å². The number of Topliss-reactive ketones (excluding diaryl/α,β-unsaturated/α-hetero) is 1. The number of hydrogen-bond acceptors (Lipinski definition) is 3. The lowest BCUT2D eigenvalue weighted by Gasteiger charge is -2.16. The van der Waals surface area contributed by atoms with Gasteiger partial charge in [-0.25, -0.2) is 0 Å². The summed E-state index contributed by atoms with van der Waals surface area (Å²) in [7, 11) is 1.57. The van der Waals surface area contributed by atoms with Gasteiger partial charge < -0.3 is 10.1 Å². The van der Waals surface area contributed by atoms with Crippen molar-refractivity contribution in [1.82, 2.24) is 0 Å². The van der Waals surface area contributed by atoms with Crippen LogP contribution in [0.15, 0.2) is 36.4 Å². The van der Waals surface area contributed by atoms with E-state index in [9.17, 15) is 9.59 Å². The molecule has 23 heavy (non-hydrogen) atoms. The van der Waals surface area contributed by atoms with Crippen LogP contribution in [0.1, 0.15) is 39.4 Å². The molecule has 118 valence electrons. The molecule has 0 bridgehead atoms. The maximum atomic E-state index is 12.7. The third-order valence-corrected chi connectivity index (χ3v) is 4.29. The summed E-state index contributed by atoms with van der Waals surface area (Å²) < 4.78 is 5.30. The molecular formula is C19H19NO3. The third kappa shape index (κ3) is 2.72. The molecule has 1 amide bonds. The Morgan fingerprint density at radius 2 is 2.00 bits per heavy atom. The van der Waals surface area contributed by atoms with Crippen LogP contribution in [0, 0.1) is 13.8 Å². The molecule has 3 rings (SSSR count). The van der Waals surface area contributed by atoms with E-state index in [0.717, 1.165) is 16.7 Å². The first kappa shape index (κ1) is 15.3. The smallest absolute Gasteiger partial charge is 0.232 e. The van der Waals surface area contributed by atoms with Gasteiger partial charge in [0.15, 0.2) is 5.78 Å². The number of amides is 1. The second-order valence-corrected chi connectivity index (χ2v) is 5.91. The lowest BCUT2D eigenvalue weighted by Crippen LogP contribution is -2.20. The fourth-order valence-corrected chi connectivity index (χ4v) is 3.15. The zero-order valence-electron chi connectivity index (χ0n) is 13.5. The van der Waals surface area contributed by atoms with Crippen LogP contribution in [0.3, 0.4) is 0 Å². The van der Waals surface area contributed by atoms with Crippen LogP contribution in [0.5, 0.6) is 5.75 Å². The number of aryl methyl sites for hydroxylation is 2. The van der Waals surface area contributed by atoms with Gasteiger partial charge in [0.2, 0.25) is 5.91 Å². The summed E-state index contributed by atoms with van der Waals surface area (Å²) in [5, 5.41) is 2.92. The summed E-state index contributed by atoms with van der Waals surface area (Å²) in [6, 6.07) is 11.2. The molecule has 0 radical (unpaired) electrons. The van der Waals surface area contributed by atoms with Gasteiger partial charge in [0.05, 0.1) is 18.7 Å². The summed E-state index contributed by atoms with van der Waals surface area (Å²) in [5.74, 6) is 0.0255. The first-order valence-corrected chi connectivity index (χ1v) is 7.59. The molecule has 1 atom stereocenters. The Morgan fingerprint density at radius 1 is 1.22 bits per heavy atom. The lowest BCUT2D eigenvalue weighted by molar-refractivity contribution is -0.117. The van der Waals surface area contributed by atoms with E-state index in [-0.39, 0.29) is 18.1 Å². The van der Waals surface area contributed by atoms with Crippen molar-refractivity contribution in [3.05, 3.63) is 58.7 Å². The molecule has 1 aliphatic carbocycles. The molecule has 4 heteroatoms. The van der Waals surface area contributed by atoms with E-state index in [1.807, 2.05) is 44.2 Å². The van der Waals surface area contributed by atoms with Crippen LogP contribution < -0.4 is 10.1 Å². The van der Waals surface area contributed by atoms with Crippen molar-refractivity contribution in [3.63, 3.8) is 0 Å². The van der Waals surface area contributed by atoms with Crippen LogP contribution in [0.4, 0.5) is 5.69 Å². The van der Waals surface area contributed by atoms with E-state index in [0.29, 0.717) is 17.0 Å². The molecule has 2 aromatic rings. The highest BCUT2D eigenvalue weighted by molar-refractivity contribution is 6.10. The quantitative estimate of drug-likeness (QED) is 0.942. The Bertz CT molecular complexity index is 795. The minimum Gasteiger partial charge on any atom is -0.495 e. The summed E-state index contributed by atoms with van der Waals surface area (Å²) in [6.45, 7) is 3.89. The van der Waals surface area contributed by atoms with E-state index < -0.39 is 5.92 Å². The number of anilines is 1. The minimum atomic E-state index is -0.441. The number of fused-ring (bicyclic) bond motifs is 1. The van der Waals surface area contributed by atoms with Crippen molar-refractivity contribution in [2.45, 2.75) is 26.2 Å². The van der Waals surface area contributed by atoms with Crippen LogP contribution >= 0.6 is 0 Å². The SMILES string of the molecule is COc1ccc(C)cc1NC(=O)C1CC(=O)c2cccc(C)c21. The number of carbonyl (C=O) groups excluding carboxylic acids is 2. The standard InChI is InChI=1S/C19H19NO3/c1-11-7-8-17(23-3)15(9-11)20-19(22)14-10-16(21)13-6-4-5-12(2)18(13)14/h4-9,14H,10H2,1-3H3,(H,20,22). The molecule has 0 saturated carbocycles. The largest absolute Gasteiger partial charge is 0.495 e. The second kappa shape index (κ2) is 5.88. The van der Waals surface area contributed by atoms with Gasteiger partial charge in [-0.05, 0) is 42.7 Å². The van der Waals surface area contributed by atoms with Crippen molar-refractivity contribution in [2.75, 3.05) is 12.4 Å². The summed E-state index contributed by atoms with van der Waals surface area (Å²) in [6.07, 6.45) is 0.222. The molecule has 0 heterocycles. The highest BCUT2D eigenvalue weighted by Gasteiger charge is 2.35. The number of nitrogens with one attached hydrogen (secondary N) is 1. The number of benzene rings is 2. The van der Waals surface area contributed by atoms with Crippen LogP contribution in [-0.2, 0) is 4.79 Å². The fourth-order valence-electron chi connectivity index (χ4n) is 3.15. The number of hydrogen-bond donors (Lipinski definition) is 1. The molecule has 1 aliphatic rings. The van der Waals surface area contributed by atoms with Gasteiger partial charge in [-0.2, -0.15) is 0 Å². The molecule has 2 aromatic carbocycles. The first-order valence-electron chi connectivity index (χ1n) is 7.59. The molecule has 4 nitrogen and oxygen atoms in total. The number of ketones is 1. The molecule has 1 N–H and O–H groups in total. The van der Waals surface area contributed by atoms with Gasteiger partial charge in [0, 0.05) is 12.0 Å². The minimum absolute atomic E-state index is 0.0278. The van der Waals surface area contributed by atoms with E-state index in [1.54, 1.807) is 13.2 Å². The van der Waals surface area contributed by atoms with Gasteiger partial charge in [-0.3, -0.25) is 9.59 Å². The molecule has 1 unspecified atom stereocenters. The topological polar surface area (TPSA) is 55.4 Å². The molecule has 0 saturated heterocycles. The number of ether oxygens (including phenoxy) is 1. The summed E-state index contributed by atoms with van der Waals surface area (Å²) in [4.78, 5) is 24.9. The molecule has 0 fully saturated rings. The average Bonchev–Trinajstić information content (AvgIpc) is 2.86. The third-order valence-electron chi connectivity index (χ3n) is 4.29. The Labute approximate surface area is 135 Å². The Balaban J connectivity index is 1.92. The highest BCUT2D eigenvalue weighted by atomic mass is 16.5. The van der Waals surface area contributed by atoms with Crippen molar-refractivity contribution >= 4 is 17.4 Å². The van der Waals surface area contributed by atoms with Crippen LogP contribution in [0.25, 0.3) is 0 Å². The maximum Gasteiger partial charge on any atom is 0.232 e.